The number of hydrogen-bond acceptors (Lipinski definition) is 5. The van der Waals surface area contributed by atoms with Gasteiger partial charge in [0.15, 0.2) is 11.5 Å². The topological polar surface area (TPSA) is 92.9 Å². The molecule has 2 N–H and O–H groups in total. The van der Waals surface area contributed by atoms with Crippen molar-refractivity contribution in [3.63, 3.8) is 0 Å². The third kappa shape index (κ3) is 6.75. The minimum Gasteiger partial charge on any atom is -0.493 e. The number of nitrogens with zero attached hydrogens (tertiary/aromatic N) is 1. The highest BCUT2D eigenvalue weighted by Gasteiger charge is 2.35. The average molecular weight is 604 g/mol. The number of hydrogen-bond donors (Lipinski definition) is 2. The number of para-hydroxylation sites is 1. The molecule has 43 heavy (non-hydrogen) atoms. The van der Waals surface area contributed by atoms with E-state index in [-0.39, 0.29) is 24.3 Å². The van der Waals surface area contributed by atoms with Gasteiger partial charge >= 0.3 is 0 Å². The molecular weight excluding hydrogens is 566 g/mol. The van der Waals surface area contributed by atoms with Gasteiger partial charge in [0.25, 0.3) is 0 Å². The van der Waals surface area contributed by atoms with Gasteiger partial charge < -0.3 is 24.5 Å². The Labute approximate surface area is 257 Å². The number of aryl methyl sites for hydroxylation is 1. The molecule has 0 bridgehead atoms. The molecule has 4 aromatic rings. The summed E-state index contributed by atoms with van der Waals surface area (Å²) in [5.74, 6) is 0.731. The summed E-state index contributed by atoms with van der Waals surface area (Å²) in [7, 11) is 4.59. The molecule has 8 nitrogen and oxygen atoms in total. The predicted molar refractivity (Wildman–Crippen MR) is 169 cm³/mol. The SMILES string of the molecule is COc1cc(C(C(=O)NC2CCCCC2)N(C(=O)CCc2c[nH]c3ccccc23)c2ccc(Cl)cc2)cc(OC)c1OC. The number of carbonyl (C=O) groups is 2. The van der Waals surface area contributed by atoms with Crippen molar-refractivity contribution >= 4 is 40.0 Å². The molecule has 3 aromatic carbocycles. The number of carbonyl (C=O) groups excluding carboxylic acids is 2. The molecule has 1 atom stereocenters. The molecule has 1 aromatic heterocycles. The lowest BCUT2D eigenvalue weighted by Gasteiger charge is -2.34. The van der Waals surface area contributed by atoms with Crippen molar-refractivity contribution in [1.29, 1.82) is 0 Å². The van der Waals surface area contributed by atoms with E-state index in [1.54, 1.807) is 41.3 Å². The second-order valence-corrected chi connectivity index (χ2v) is 11.2. The van der Waals surface area contributed by atoms with Crippen LogP contribution >= 0.6 is 11.6 Å². The van der Waals surface area contributed by atoms with E-state index in [0.717, 1.165) is 48.6 Å². The number of rotatable bonds is 11. The van der Waals surface area contributed by atoms with Gasteiger partial charge in [0.05, 0.1) is 21.3 Å². The number of H-pyrrole nitrogens is 1. The molecule has 5 rings (SSSR count). The minimum absolute atomic E-state index is 0.0409. The van der Waals surface area contributed by atoms with E-state index in [1.165, 1.54) is 21.3 Å². The van der Waals surface area contributed by atoms with Crippen molar-refractivity contribution in [3.05, 3.63) is 83.0 Å². The quantitative estimate of drug-likeness (QED) is 0.192. The summed E-state index contributed by atoms with van der Waals surface area (Å²) in [5, 5.41) is 4.86. The highest BCUT2D eigenvalue weighted by atomic mass is 35.5. The van der Waals surface area contributed by atoms with E-state index >= 15 is 0 Å². The average Bonchev–Trinajstić information content (AvgIpc) is 3.45. The number of nitrogens with one attached hydrogen (secondary N) is 2. The summed E-state index contributed by atoms with van der Waals surface area (Å²) >= 11 is 6.25. The second-order valence-electron chi connectivity index (χ2n) is 10.8. The monoisotopic (exact) mass is 603 g/mol. The number of halogens is 1. The maximum atomic E-state index is 14.3. The van der Waals surface area contributed by atoms with E-state index in [2.05, 4.69) is 10.3 Å². The molecule has 1 fully saturated rings. The van der Waals surface area contributed by atoms with Gasteiger partial charge in [-0.25, -0.2) is 0 Å². The summed E-state index contributed by atoms with van der Waals surface area (Å²) in [6.45, 7) is 0. The smallest absolute Gasteiger partial charge is 0.248 e. The van der Waals surface area contributed by atoms with Gasteiger partial charge in [0.2, 0.25) is 17.6 Å². The first-order chi connectivity index (χ1) is 20.9. The van der Waals surface area contributed by atoms with Crippen LogP contribution < -0.4 is 24.4 Å². The van der Waals surface area contributed by atoms with Crippen molar-refractivity contribution in [2.24, 2.45) is 0 Å². The molecular formula is C34H38ClN3O5. The highest BCUT2D eigenvalue weighted by molar-refractivity contribution is 6.30. The number of benzene rings is 3. The standard InChI is InChI=1S/C34H38ClN3O5/c1-41-29-19-23(20-30(42-2)33(29)43-3)32(34(40)37-25-9-5-4-6-10-25)38(26-16-14-24(35)15-17-26)31(39)18-13-22-21-36-28-12-8-7-11-27(22)28/h7-8,11-12,14-17,19-21,25,32,36H,4-6,9-10,13,18H2,1-3H3,(H,37,40). The van der Waals surface area contributed by atoms with Gasteiger partial charge in [-0.15, -0.1) is 0 Å². The van der Waals surface area contributed by atoms with Crippen molar-refractivity contribution in [2.75, 3.05) is 26.2 Å². The summed E-state index contributed by atoms with van der Waals surface area (Å²) in [5.41, 5.74) is 3.15. The fourth-order valence-corrected chi connectivity index (χ4v) is 6.07. The normalized spacial score (nSPS) is 14.2. The number of anilines is 1. The maximum absolute atomic E-state index is 14.3. The van der Waals surface area contributed by atoms with Gasteiger partial charge in [0.1, 0.15) is 6.04 Å². The molecule has 1 heterocycles. The zero-order valence-electron chi connectivity index (χ0n) is 24.8. The Morgan fingerprint density at radius 2 is 1.63 bits per heavy atom. The lowest BCUT2D eigenvalue weighted by atomic mass is 9.94. The predicted octanol–water partition coefficient (Wildman–Crippen LogP) is 7.00. The van der Waals surface area contributed by atoms with E-state index in [4.69, 9.17) is 25.8 Å². The van der Waals surface area contributed by atoms with Gasteiger partial charge in [-0.3, -0.25) is 14.5 Å². The first-order valence-electron chi connectivity index (χ1n) is 14.7. The Morgan fingerprint density at radius 1 is 0.953 bits per heavy atom. The molecule has 2 amide bonds. The Bertz CT molecular complexity index is 1540. The van der Waals surface area contributed by atoms with E-state index in [0.29, 0.717) is 39.9 Å². The molecule has 226 valence electrons. The van der Waals surface area contributed by atoms with Crippen LogP contribution in [0.15, 0.2) is 66.9 Å². The van der Waals surface area contributed by atoms with Crippen LogP contribution in [-0.4, -0.2) is 44.2 Å². The van der Waals surface area contributed by atoms with Crippen LogP contribution in [0, 0.1) is 0 Å². The lowest BCUT2D eigenvalue weighted by Crippen LogP contribution is -2.47. The minimum atomic E-state index is -1.01. The van der Waals surface area contributed by atoms with Crippen LogP contribution in [0.4, 0.5) is 5.69 Å². The van der Waals surface area contributed by atoms with Crippen LogP contribution in [0.3, 0.4) is 0 Å². The number of amides is 2. The molecule has 0 spiro atoms. The number of aromatic amines is 1. The van der Waals surface area contributed by atoms with Crippen molar-refractivity contribution in [1.82, 2.24) is 10.3 Å². The highest BCUT2D eigenvalue weighted by Crippen LogP contribution is 2.42. The molecule has 1 aliphatic rings. The van der Waals surface area contributed by atoms with Crippen LogP contribution in [0.5, 0.6) is 17.2 Å². The first kappa shape index (κ1) is 30.3. The van der Waals surface area contributed by atoms with Crippen LogP contribution in [0.25, 0.3) is 10.9 Å². The van der Waals surface area contributed by atoms with Crippen LogP contribution in [-0.2, 0) is 16.0 Å². The van der Waals surface area contributed by atoms with E-state index in [1.807, 2.05) is 30.5 Å². The first-order valence-corrected chi connectivity index (χ1v) is 15.0. The molecule has 9 heteroatoms. The number of aromatic nitrogens is 1. The van der Waals surface area contributed by atoms with Crippen molar-refractivity contribution in [3.8, 4) is 17.2 Å². The van der Waals surface area contributed by atoms with Gasteiger partial charge in [-0.2, -0.15) is 0 Å². The Morgan fingerprint density at radius 3 is 2.28 bits per heavy atom. The summed E-state index contributed by atoms with van der Waals surface area (Å²) in [4.78, 5) is 33.5. The summed E-state index contributed by atoms with van der Waals surface area (Å²) in [6.07, 6.45) is 7.71. The number of fused-ring (bicyclic) bond motifs is 1. The Hall–Kier alpha value is -4.17. The fraction of sp³-hybridized carbons (Fsp3) is 0.353. The fourth-order valence-electron chi connectivity index (χ4n) is 5.94. The lowest BCUT2D eigenvalue weighted by molar-refractivity contribution is -0.127. The molecule has 0 saturated heterocycles. The molecule has 0 aliphatic heterocycles. The van der Waals surface area contributed by atoms with Crippen molar-refractivity contribution < 1.29 is 23.8 Å². The van der Waals surface area contributed by atoms with Gasteiger partial charge in [-0.05, 0) is 72.9 Å². The summed E-state index contributed by atoms with van der Waals surface area (Å²) < 4.78 is 16.8. The Balaban J connectivity index is 1.58. The molecule has 1 saturated carbocycles. The molecule has 1 aliphatic carbocycles. The molecule has 1 unspecified atom stereocenters. The number of ether oxygens (including phenoxy) is 3. The maximum Gasteiger partial charge on any atom is 0.248 e. The van der Waals surface area contributed by atoms with Crippen LogP contribution in [0.2, 0.25) is 5.02 Å². The number of methoxy groups -OCH3 is 3. The summed E-state index contributed by atoms with van der Waals surface area (Å²) in [6, 6.07) is 17.5. The largest absolute Gasteiger partial charge is 0.493 e. The van der Waals surface area contributed by atoms with Crippen molar-refractivity contribution in [2.45, 2.75) is 57.0 Å². The van der Waals surface area contributed by atoms with Gasteiger partial charge in [-0.1, -0.05) is 49.1 Å². The second kappa shape index (κ2) is 13.9. The zero-order valence-corrected chi connectivity index (χ0v) is 25.6. The van der Waals surface area contributed by atoms with E-state index in [9.17, 15) is 9.59 Å². The van der Waals surface area contributed by atoms with Crippen LogP contribution in [0.1, 0.15) is 55.7 Å². The third-order valence-electron chi connectivity index (χ3n) is 8.12. The van der Waals surface area contributed by atoms with E-state index < -0.39 is 6.04 Å². The molecule has 0 radical (unpaired) electrons. The Kier molecular flexibility index (Phi) is 9.77. The third-order valence-corrected chi connectivity index (χ3v) is 8.37. The van der Waals surface area contributed by atoms with Gasteiger partial charge in [0, 0.05) is 40.3 Å². The zero-order chi connectivity index (χ0) is 30.3.